The molecule has 1 atom stereocenters. The zero-order valence-corrected chi connectivity index (χ0v) is 12.7. The smallest absolute Gasteiger partial charge is 0.122 e. The molecule has 0 aliphatic rings. The standard InChI is InChI=1S/C18H23NO2/c1-14-8-9-18(15(2)10-14)21-13-17(20)12-19-11-16-6-4-3-5-7-16/h3-10,17,19-20H,11-13H2,1-2H3. The third kappa shape index (κ3) is 5.21. The average molecular weight is 285 g/mol. The lowest BCUT2D eigenvalue weighted by Gasteiger charge is -2.15. The SMILES string of the molecule is Cc1ccc(OCC(O)CNCc2ccccc2)c(C)c1. The Bertz CT molecular complexity index is 554. The molecular weight excluding hydrogens is 262 g/mol. The summed E-state index contributed by atoms with van der Waals surface area (Å²) in [4.78, 5) is 0. The first-order valence-electron chi connectivity index (χ1n) is 7.28. The van der Waals surface area contributed by atoms with E-state index in [0.717, 1.165) is 17.9 Å². The molecule has 3 nitrogen and oxygen atoms in total. The predicted molar refractivity (Wildman–Crippen MR) is 85.6 cm³/mol. The summed E-state index contributed by atoms with van der Waals surface area (Å²) in [7, 11) is 0. The van der Waals surface area contributed by atoms with Gasteiger partial charge in [0.05, 0.1) is 0 Å². The topological polar surface area (TPSA) is 41.5 Å². The van der Waals surface area contributed by atoms with Crippen molar-refractivity contribution in [1.82, 2.24) is 5.32 Å². The molecule has 3 heteroatoms. The summed E-state index contributed by atoms with van der Waals surface area (Å²) in [5, 5.41) is 13.2. The highest BCUT2D eigenvalue weighted by Gasteiger charge is 2.06. The van der Waals surface area contributed by atoms with Crippen molar-refractivity contribution in [1.29, 1.82) is 0 Å². The number of aliphatic hydroxyl groups is 1. The molecule has 0 radical (unpaired) electrons. The van der Waals surface area contributed by atoms with E-state index in [0.29, 0.717) is 13.2 Å². The molecule has 0 saturated carbocycles. The Morgan fingerprint density at radius 3 is 2.57 bits per heavy atom. The number of rotatable bonds is 7. The summed E-state index contributed by atoms with van der Waals surface area (Å²) in [5.74, 6) is 0.836. The molecule has 112 valence electrons. The Hall–Kier alpha value is -1.84. The van der Waals surface area contributed by atoms with Gasteiger partial charge in [0, 0.05) is 13.1 Å². The molecule has 0 aromatic heterocycles. The maximum atomic E-state index is 9.95. The van der Waals surface area contributed by atoms with Crippen LogP contribution in [0, 0.1) is 13.8 Å². The number of nitrogens with one attached hydrogen (secondary N) is 1. The van der Waals surface area contributed by atoms with Gasteiger partial charge in [0.25, 0.3) is 0 Å². The molecule has 0 saturated heterocycles. The molecule has 2 rings (SSSR count). The van der Waals surface area contributed by atoms with Gasteiger partial charge >= 0.3 is 0 Å². The lowest BCUT2D eigenvalue weighted by Crippen LogP contribution is -2.31. The molecule has 0 aliphatic heterocycles. The fraction of sp³-hybridized carbons (Fsp3) is 0.333. The average Bonchev–Trinajstić information content (AvgIpc) is 2.47. The van der Waals surface area contributed by atoms with E-state index in [1.807, 2.05) is 37.3 Å². The quantitative estimate of drug-likeness (QED) is 0.822. The monoisotopic (exact) mass is 285 g/mol. The van der Waals surface area contributed by atoms with E-state index in [1.54, 1.807) is 0 Å². The summed E-state index contributed by atoms with van der Waals surface area (Å²) in [6.07, 6.45) is -0.519. The Kier molecular flexibility index (Phi) is 5.78. The maximum absolute atomic E-state index is 9.95. The zero-order chi connectivity index (χ0) is 15.1. The van der Waals surface area contributed by atoms with Gasteiger partial charge in [-0.1, -0.05) is 48.0 Å². The molecular formula is C18H23NO2. The molecule has 0 heterocycles. The first-order chi connectivity index (χ1) is 10.1. The number of hydrogen-bond acceptors (Lipinski definition) is 3. The van der Waals surface area contributed by atoms with Gasteiger partial charge in [-0.05, 0) is 31.0 Å². The van der Waals surface area contributed by atoms with Crippen LogP contribution in [0.4, 0.5) is 0 Å². The fourth-order valence-corrected chi connectivity index (χ4v) is 2.19. The second kappa shape index (κ2) is 7.81. The van der Waals surface area contributed by atoms with Crippen molar-refractivity contribution < 1.29 is 9.84 Å². The van der Waals surface area contributed by atoms with Crippen LogP contribution in [0.3, 0.4) is 0 Å². The van der Waals surface area contributed by atoms with Crippen molar-refractivity contribution in [2.24, 2.45) is 0 Å². The summed E-state index contributed by atoms with van der Waals surface area (Å²) >= 11 is 0. The molecule has 0 fully saturated rings. The largest absolute Gasteiger partial charge is 0.491 e. The minimum absolute atomic E-state index is 0.297. The first-order valence-corrected chi connectivity index (χ1v) is 7.28. The second-order valence-corrected chi connectivity index (χ2v) is 5.35. The molecule has 1 unspecified atom stereocenters. The third-order valence-corrected chi connectivity index (χ3v) is 3.31. The van der Waals surface area contributed by atoms with E-state index < -0.39 is 6.10 Å². The highest BCUT2D eigenvalue weighted by Crippen LogP contribution is 2.18. The van der Waals surface area contributed by atoms with E-state index in [9.17, 15) is 5.11 Å². The molecule has 0 amide bonds. The van der Waals surface area contributed by atoms with Gasteiger partial charge in [0.2, 0.25) is 0 Å². The van der Waals surface area contributed by atoms with Crippen LogP contribution in [0.5, 0.6) is 5.75 Å². The molecule has 0 bridgehead atoms. The fourth-order valence-electron chi connectivity index (χ4n) is 2.19. The van der Waals surface area contributed by atoms with Crippen LogP contribution in [0.1, 0.15) is 16.7 Å². The summed E-state index contributed by atoms with van der Waals surface area (Å²) in [6, 6.07) is 16.2. The molecule has 2 aromatic carbocycles. The normalized spacial score (nSPS) is 12.1. The maximum Gasteiger partial charge on any atom is 0.122 e. The van der Waals surface area contributed by atoms with E-state index >= 15 is 0 Å². The summed E-state index contributed by atoms with van der Waals surface area (Å²) in [5.41, 5.74) is 3.52. The second-order valence-electron chi connectivity index (χ2n) is 5.35. The number of aryl methyl sites for hydroxylation is 2. The molecule has 0 spiro atoms. The van der Waals surface area contributed by atoms with Crippen LogP contribution in [0.25, 0.3) is 0 Å². The third-order valence-electron chi connectivity index (χ3n) is 3.31. The van der Waals surface area contributed by atoms with E-state index in [4.69, 9.17) is 4.74 Å². The van der Waals surface area contributed by atoms with Crippen LogP contribution in [-0.4, -0.2) is 24.4 Å². The molecule has 21 heavy (non-hydrogen) atoms. The highest BCUT2D eigenvalue weighted by atomic mass is 16.5. The van der Waals surface area contributed by atoms with E-state index in [2.05, 4.69) is 30.4 Å². The van der Waals surface area contributed by atoms with Gasteiger partial charge in [-0.15, -0.1) is 0 Å². The van der Waals surface area contributed by atoms with E-state index in [1.165, 1.54) is 11.1 Å². The van der Waals surface area contributed by atoms with Crippen LogP contribution in [0.2, 0.25) is 0 Å². The molecule has 2 N–H and O–H groups in total. The van der Waals surface area contributed by atoms with Crippen molar-refractivity contribution in [3.05, 3.63) is 65.2 Å². The predicted octanol–water partition coefficient (Wildman–Crippen LogP) is 2.83. The lowest BCUT2D eigenvalue weighted by molar-refractivity contribution is 0.106. The Labute approximate surface area is 126 Å². The van der Waals surface area contributed by atoms with Crippen molar-refractivity contribution in [2.75, 3.05) is 13.2 Å². The van der Waals surface area contributed by atoms with Crippen molar-refractivity contribution in [3.8, 4) is 5.75 Å². The van der Waals surface area contributed by atoms with Crippen molar-refractivity contribution >= 4 is 0 Å². The zero-order valence-electron chi connectivity index (χ0n) is 12.7. The van der Waals surface area contributed by atoms with Gasteiger partial charge in [0.1, 0.15) is 18.5 Å². The van der Waals surface area contributed by atoms with Crippen LogP contribution >= 0.6 is 0 Å². The van der Waals surface area contributed by atoms with Crippen LogP contribution in [0.15, 0.2) is 48.5 Å². The van der Waals surface area contributed by atoms with E-state index in [-0.39, 0.29) is 0 Å². The molecule has 0 aliphatic carbocycles. The minimum Gasteiger partial charge on any atom is -0.491 e. The lowest BCUT2D eigenvalue weighted by atomic mass is 10.1. The minimum atomic E-state index is -0.519. The number of benzene rings is 2. The Morgan fingerprint density at radius 2 is 1.86 bits per heavy atom. The first kappa shape index (κ1) is 15.5. The number of aliphatic hydroxyl groups excluding tert-OH is 1. The van der Waals surface area contributed by atoms with Gasteiger partial charge in [0.15, 0.2) is 0 Å². The van der Waals surface area contributed by atoms with Gasteiger partial charge in [-0.25, -0.2) is 0 Å². The van der Waals surface area contributed by atoms with Crippen molar-refractivity contribution in [3.63, 3.8) is 0 Å². The highest BCUT2D eigenvalue weighted by molar-refractivity contribution is 5.35. The van der Waals surface area contributed by atoms with Crippen molar-refractivity contribution in [2.45, 2.75) is 26.5 Å². The summed E-state index contributed by atoms with van der Waals surface area (Å²) < 4.78 is 5.67. The van der Waals surface area contributed by atoms with Crippen LogP contribution < -0.4 is 10.1 Å². The number of hydrogen-bond donors (Lipinski definition) is 2. The van der Waals surface area contributed by atoms with Gasteiger partial charge in [-0.3, -0.25) is 0 Å². The Balaban J connectivity index is 1.71. The summed E-state index contributed by atoms with van der Waals surface area (Å²) in [6.45, 7) is 5.63. The Morgan fingerprint density at radius 1 is 1.10 bits per heavy atom. The van der Waals surface area contributed by atoms with Gasteiger partial charge in [-0.2, -0.15) is 0 Å². The van der Waals surface area contributed by atoms with Gasteiger partial charge < -0.3 is 15.2 Å². The van der Waals surface area contributed by atoms with Crippen LogP contribution in [-0.2, 0) is 6.54 Å². The number of ether oxygens (including phenoxy) is 1. The molecule has 2 aromatic rings.